The molecule has 0 saturated heterocycles. The van der Waals surface area contributed by atoms with Crippen molar-refractivity contribution in [2.45, 2.75) is 13.3 Å². The first-order valence-electron chi connectivity index (χ1n) is 9.35. The lowest BCUT2D eigenvalue weighted by atomic mass is 10.0. The van der Waals surface area contributed by atoms with Gasteiger partial charge in [-0.3, -0.25) is 9.36 Å². The summed E-state index contributed by atoms with van der Waals surface area (Å²) in [5.74, 6) is -0.361. The molecule has 0 aliphatic rings. The molecule has 0 aliphatic carbocycles. The predicted molar refractivity (Wildman–Crippen MR) is 117 cm³/mol. The number of hydrogen-bond donors (Lipinski definition) is 0. The fourth-order valence-corrected chi connectivity index (χ4v) is 3.35. The Morgan fingerprint density at radius 2 is 1.79 bits per heavy atom. The van der Waals surface area contributed by atoms with Crippen molar-refractivity contribution in [2.24, 2.45) is 0 Å². The van der Waals surface area contributed by atoms with Crippen molar-refractivity contribution in [3.8, 4) is 0 Å². The van der Waals surface area contributed by atoms with Gasteiger partial charge in [-0.1, -0.05) is 48.0 Å². The fourth-order valence-electron chi connectivity index (χ4n) is 3.16. The molecule has 1 heterocycles. The molecule has 2 aromatic carbocycles. The second-order valence-electron chi connectivity index (χ2n) is 6.77. The second-order valence-corrected chi connectivity index (χ2v) is 7.18. The molecule has 6 heteroatoms. The van der Waals surface area contributed by atoms with Crippen molar-refractivity contribution in [2.75, 3.05) is 20.7 Å². The van der Waals surface area contributed by atoms with Crippen molar-refractivity contribution < 1.29 is 14.3 Å². The van der Waals surface area contributed by atoms with Gasteiger partial charge in [-0.2, -0.15) is 0 Å². The molecule has 0 aliphatic heterocycles. The maximum Gasteiger partial charge on any atom is 0.328 e. The third-order valence-electron chi connectivity index (χ3n) is 4.49. The van der Waals surface area contributed by atoms with Crippen molar-refractivity contribution in [1.29, 1.82) is 0 Å². The normalized spacial score (nSPS) is 11.5. The van der Waals surface area contributed by atoms with Crippen LogP contribution in [0.2, 0.25) is 5.02 Å². The molecule has 0 atom stereocenters. The van der Waals surface area contributed by atoms with E-state index in [-0.39, 0.29) is 25.0 Å². The molecule has 3 rings (SSSR count). The van der Waals surface area contributed by atoms with Crippen LogP contribution in [0.15, 0.2) is 54.6 Å². The highest BCUT2D eigenvalue weighted by molar-refractivity contribution is 6.32. The van der Waals surface area contributed by atoms with Crippen molar-refractivity contribution in [3.63, 3.8) is 0 Å². The zero-order valence-corrected chi connectivity index (χ0v) is 17.4. The third-order valence-corrected chi connectivity index (χ3v) is 4.83. The Morgan fingerprint density at radius 1 is 1.10 bits per heavy atom. The lowest BCUT2D eigenvalue weighted by Gasteiger charge is -2.17. The second kappa shape index (κ2) is 8.97. The van der Waals surface area contributed by atoms with E-state index in [1.165, 1.54) is 4.90 Å². The summed E-state index contributed by atoms with van der Waals surface area (Å²) in [6.07, 6.45) is 1.86. The summed E-state index contributed by atoms with van der Waals surface area (Å²) in [7, 11) is 3.40. The monoisotopic (exact) mass is 410 g/mol. The number of carbonyl (C=O) groups excluding carboxylic acids is 2. The van der Waals surface area contributed by atoms with E-state index in [2.05, 4.69) is 0 Å². The van der Waals surface area contributed by atoms with E-state index >= 15 is 0 Å². The Morgan fingerprint density at radius 3 is 2.48 bits per heavy atom. The highest BCUT2D eigenvalue weighted by Gasteiger charge is 2.21. The minimum atomic E-state index is -0.361. The van der Waals surface area contributed by atoms with Gasteiger partial charge >= 0.3 is 12.0 Å². The molecule has 29 heavy (non-hydrogen) atoms. The SMILES string of the molecule is CCOC(=O)C/C(=C\c1ccccc1Cl)c1cc2ccccc2n1C(=O)N(C)C. The van der Waals surface area contributed by atoms with Gasteiger partial charge in [-0.05, 0) is 42.3 Å². The van der Waals surface area contributed by atoms with E-state index in [1.807, 2.05) is 54.6 Å². The molecular weight excluding hydrogens is 388 g/mol. The van der Waals surface area contributed by atoms with E-state index in [0.29, 0.717) is 16.3 Å². The van der Waals surface area contributed by atoms with Crippen LogP contribution in [0.4, 0.5) is 4.79 Å². The van der Waals surface area contributed by atoms with Crippen LogP contribution in [-0.4, -0.2) is 42.2 Å². The number of halogens is 1. The largest absolute Gasteiger partial charge is 0.466 e. The zero-order valence-electron chi connectivity index (χ0n) is 16.7. The Kier molecular flexibility index (Phi) is 6.39. The van der Waals surface area contributed by atoms with Crippen LogP contribution in [0, 0.1) is 0 Å². The number of benzene rings is 2. The number of carbonyl (C=O) groups is 2. The first kappa shape index (κ1) is 20.7. The number of rotatable bonds is 5. The molecule has 150 valence electrons. The summed E-state index contributed by atoms with van der Waals surface area (Å²) >= 11 is 6.34. The number of fused-ring (bicyclic) bond motifs is 1. The Hall–Kier alpha value is -3.05. The van der Waals surface area contributed by atoms with Crippen molar-refractivity contribution in [1.82, 2.24) is 9.47 Å². The Bertz CT molecular complexity index is 1080. The lowest BCUT2D eigenvalue weighted by molar-refractivity contribution is -0.141. The van der Waals surface area contributed by atoms with Crippen LogP contribution >= 0.6 is 11.6 Å². The van der Waals surface area contributed by atoms with Gasteiger partial charge in [0.15, 0.2) is 0 Å². The van der Waals surface area contributed by atoms with Gasteiger partial charge in [-0.15, -0.1) is 0 Å². The van der Waals surface area contributed by atoms with Gasteiger partial charge < -0.3 is 9.64 Å². The van der Waals surface area contributed by atoms with Crippen molar-refractivity contribution in [3.05, 3.63) is 70.9 Å². The summed E-state index contributed by atoms with van der Waals surface area (Å²) in [6.45, 7) is 2.06. The standard InChI is InChI=1S/C23H23ClN2O3/c1-4-29-22(27)15-18(13-16-9-5-7-11-19(16)24)21-14-17-10-6-8-12-20(17)26(21)23(28)25(2)3/h5-14H,4,15H2,1-3H3/b18-13+. The molecule has 0 unspecified atom stereocenters. The fraction of sp³-hybridized carbons (Fsp3) is 0.217. The highest BCUT2D eigenvalue weighted by Crippen LogP contribution is 2.31. The average molecular weight is 411 g/mol. The number of amides is 1. The van der Waals surface area contributed by atoms with E-state index in [1.54, 1.807) is 31.7 Å². The Balaban J connectivity index is 2.24. The number of nitrogens with zero attached hydrogens (tertiary/aromatic N) is 2. The number of aromatic nitrogens is 1. The van der Waals surface area contributed by atoms with Gasteiger partial charge in [0.05, 0.1) is 24.2 Å². The number of ether oxygens (including phenoxy) is 1. The minimum absolute atomic E-state index is 0.0239. The zero-order chi connectivity index (χ0) is 21.0. The quantitative estimate of drug-likeness (QED) is 0.535. The smallest absolute Gasteiger partial charge is 0.328 e. The average Bonchev–Trinajstić information content (AvgIpc) is 3.08. The molecule has 1 aromatic heterocycles. The van der Waals surface area contributed by atoms with Crippen LogP contribution in [0.1, 0.15) is 24.6 Å². The number of hydrogen-bond acceptors (Lipinski definition) is 3. The highest BCUT2D eigenvalue weighted by atomic mass is 35.5. The maximum absolute atomic E-state index is 13.0. The van der Waals surface area contributed by atoms with Crippen LogP contribution in [0.25, 0.3) is 22.6 Å². The lowest BCUT2D eigenvalue weighted by Crippen LogP contribution is -2.28. The summed E-state index contributed by atoms with van der Waals surface area (Å²) in [5, 5.41) is 1.47. The topological polar surface area (TPSA) is 51.5 Å². The summed E-state index contributed by atoms with van der Waals surface area (Å²) in [5.41, 5.74) is 2.83. The first-order chi connectivity index (χ1) is 13.9. The van der Waals surface area contributed by atoms with Crippen LogP contribution in [0.5, 0.6) is 0 Å². The molecule has 0 fully saturated rings. The van der Waals surface area contributed by atoms with Crippen LogP contribution in [0.3, 0.4) is 0 Å². The molecule has 0 bridgehead atoms. The maximum atomic E-state index is 13.0. The minimum Gasteiger partial charge on any atom is -0.466 e. The Labute approximate surface area is 175 Å². The molecule has 5 nitrogen and oxygen atoms in total. The van der Waals surface area contributed by atoms with E-state index in [0.717, 1.165) is 16.5 Å². The molecule has 0 radical (unpaired) electrons. The molecule has 3 aromatic rings. The van der Waals surface area contributed by atoms with Crippen LogP contribution in [-0.2, 0) is 9.53 Å². The number of esters is 1. The predicted octanol–water partition coefficient (Wildman–Crippen LogP) is 5.32. The van der Waals surface area contributed by atoms with E-state index in [9.17, 15) is 9.59 Å². The first-order valence-corrected chi connectivity index (χ1v) is 9.73. The summed E-state index contributed by atoms with van der Waals surface area (Å²) < 4.78 is 6.79. The van der Waals surface area contributed by atoms with Gasteiger partial charge in [-0.25, -0.2) is 4.79 Å². The van der Waals surface area contributed by atoms with Gasteiger partial charge in [0, 0.05) is 24.5 Å². The van der Waals surface area contributed by atoms with Crippen LogP contribution < -0.4 is 0 Å². The molecule has 1 amide bonds. The molecular formula is C23H23ClN2O3. The van der Waals surface area contributed by atoms with Gasteiger partial charge in [0.25, 0.3) is 0 Å². The van der Waals surface area contributed by atoms with Gasteiger partial charge in [0.1, 0.15) is 0 Å². The molecule has 0 saturated carbocycles. The molecule has 0 N–H and O–H groups in total. The third kappa shape index (κ3) is 4.51. The molecule has 0 spiro atoms. The van der Waals surface area contributed by atoms with Crippen molar-refractivity contribution >= 4 is 46.2 Å². The van der Waals surface area contributed by atoms with E-state index < -0.39 is 0 Å². The van der Waals surface area contributed by atoms with Gasteiger partial charge in [0.2, 0.25) is 0 Å². The number of para-hydroxylation sites is 1. The summed E-state index contributed by atoms with van der Waals surface area (Å²) in [6, 6.07) is 16.7. The van der Waals surface area contributed by atoms with E-state index in [4.69, 9.17) is 16.3 Å². The summed E-state index contributed by atoms with van der Waals surface area (Å²) in [4.78, 5) is 26.8.